The Bertz CT molecular complexity index is 707. The molecule has 25 heavy (non-hydrogen) atoms. The lowest BCUT2D eigenvalue weighted by Crippen LogP contribution is -2.48. The maximum Gasteiger partial charge on any atom is 0.134 e. The first kappa shape index (κ1) is 17.9. The standard InChI is InChI=1S/C20H26N2O3/c1-16-4-3-5-19(10-16)25-15-20(23)13-22(8-9-24-14-20)12-18-6-7-21-11-17(18)2/h3-7,10-11,23H,8-9,12-15H2,1-2H3/t20-/m0/s1. The maximum absolute atomic E-state index is 11.0. The molecule has 3 rings (SSSR count). The number of aromatic nitrogens is 1. The molecule has 1 aliphatic heterocycles. The molecule has 134 valence electrons. The highest BCUT2D eigenvalue weighted by Gasteiger charge is 2.33. The van der Waals surface area contributed by atoms with Crippen molar-refractivity contribution in [1.29, 1.82) is 0 Å². The molecule has 1 atom stereocenters. The van der Waals surface area contributed by atoms with Gasteiger partial charge in [0.05, 0.1) is 13.2 Å². The van der Waals surface area contributed by atoms with Crippen LogP contribution in [0.1, 0.15) is 16.7 Å². The van der Waals surface area contributed by atoms with Crippen molar-refractivity contribution in [2.75, 3.05) is 32.9 Å². The second kappa shape index (κ2) is 7.95. The van der Waals surface area contributed by atoms with Gasteiger partial charge < -0.3 is 14.6 Å². The van der Waals surface area contributed by atoms with E-state index in [1.165, 1.54) is 5.56 Å². The number of hydrogen-bond acceptors (Lipinski definition) is 5. The summed E-state index contributed by atoms with van der Waals surface area (Å²) < 4.78 is 11.5. The SMILES string of the molecule is Cc1cccc(OC[C@@]2(O)COCCN(Cc3ccncc3C)C2)c1. The fourth-order valence-electron chi connectivity index (χ4n) is 3.06. The van der Waals surface area contributed by atoms with Gasteiger partial charge in [-0.3, -0.25) is 9.88 Å². The molecule has 0 saturated carbocycles. The first-order valence-electron chi connectivity index (χ1n) is 8.66. The van der Waals surface area contributed by atoms with Gasteiger partial charge in [0, 0.05) is 32.0 Å². The summed E-state index contributed by atoms with van der Waals surface area (Å²) in [5.74, 6) is 0.772. The number of aryl methyl sites for hydroxylation is 2. The maximum atomic E-state index is 11.0. The summed E-state index contributed by atoms with van der Waals surface area (Å²) in [6.45, 7) is 7.25. The van der Waals surface area contributed by atoms with Gasteiger partial charge in [-0.2, -0.15) is 0 Å². The number of pyridine rings is 1. The Morgan fingerprint density at radius 3 is 3.00 bits per heavy atom. The van der Waals surface area contributed by atoms with Crippen LogP contribution in [0.5, 0.6) is 5.75 Å². The Kier molecular flexibility index (Phi) is 5.68. The van der Waals surface area contributed by atoms with Crippen LogP contribution < -0.4 is 4.74 Å². The van der Waals surface area contributed by atoms with E-state index in [9.17, 15) is 5.11 Å². The van der Waals surface area contributed by atoms with Gasteiger partial charge in [-0.15, -0.1) is 0 Å². The number of nitrogens with zero attached hydrogens (tertiary/aromatic N) is 2. The lowest BCUT2D eigenvalue weighted by molar-refractivity contribution is -0.0646. The molecule has 5 nitrogen and oxygen atoms in total. The minimum Gasteiger partial charge on any atom is -0.490 e. The van der Waals surface area contributed by atoms with Crippen molar-refractivity contribution < 1.29 is 14.6 Å². The zero-order valence-electron chi connectivity index (χ0n) is 14.9. The molecule has 5 heteroatoms. The topological polar surface area (TPSA) is 54.8 Å². The Labute approximate surface area is 149 Å². The van der Waals surface area contributed by atoms with Crippen LogP contribution in [0.4, 0.5) is 0 Å². The summed E-state index contributed by atoms with van der Waals surface area (Å²) in [4.78, 5) is 6.36. The van der Waals surface area contributed by atoms with Crippen molar-refractivity contribution in [3.05, 3.63) is 59.4 Å². The smallest absolute Gasteiger partial charge is 0.134 e. The van der Waals surface area contributed by atoms with E-state index in [1.54, 1.807) is 0 Å². The highest BCUT2D eigenvalue weighted by molar-refractivity contribution is 5.27. The van der Waals surface area contributed by atoms with Gasteiger partial charge in [-0.05, 0) is 48.7 Å². The van der Waals surface area contributed by atoms with Crippen molar-refractivity contribution in [3.63, 3.8) is 0 Å². The summed E-state index contributed by atoms with van der Waals surface area (Å²) >= 11 is 0. The van der Waals surface area contributed by atoms with E-state index in [-0.39, 0.29) is 13.2 Å². The monoisotopic (exact) mass is 342 g/mol. The molecule has 0 aliphatic carbocycles. The zero-order chi connectivity index (χ0) is 17.7. The van der Waals surface area contributed by atoms with Crippen LogP contribution >= 0.6 is 0 Å². The minimum absolute atomic E-state index is 0.211. The van der Waals surface area contributed by atoms with E-state index in [0.29, 0.717) is 13.2 Å². The van der Waals surface area contributed by atoms with E-state index in [2.05, 4.69) is 16.8 Å². The molecule has 1 aromatic heterocycles. The summed E-state index contributed by atoms with van der Waals surface area (Å²) in [5, 5.41) is 11.0. The van der Waals surface area contributed by atoms with E-state index in [0.717, 1.165) is 30.0 Å². The molecule has 0 radical (unpaired) electrons. The van der Waals surface area contributed by atoms with Gasteiger partial charge in [-0.1, -0.05) is 12.1 Å². The van der Waals surface area contributed by atoms with Crippen LogP contribution in [-0.2, 0) is 11.3 Å². The predicted molar refractivity (Wildman–Crippen MR) is 96.7 cm³/mol. The number of ether oxygens (including phenoxy) is 2. The summed E-state index contributed by atoms with van der Waals surface area (Å²) in [7, 11) is 0. The number of β-amino-alcohol motifs (C(OH)–C–C–N with tert-alkyl or cyclic N) is 1. The van der Waals surface area contributed by atoms with Crippen molar-refractivity contribution in [2.24, 2.45) is 0 Å². The highest BCUT2D eigenvalue weighted by atomic mass is 16.5. The first-order valence-corrected chi connectivity index (χ1v) is 8.66. The Hall–Kier alpha value is -1.95. The van der Waals surface area contributed by atoms with E-state index in [1.807, 2.05) is 49.6 Å². The van der Waals surface area contributed by atoms with Crippen LogP contribution in [-0.4, -0.2) is 53.5 Å². The van der Waals surface area contributed by atoms with Gasteiger partial charge in [0.25, 0.3) is 0 Å². The highest BCUT2D eigenvalue weighted by Crippen LogP contribution is 2.19. The van der Waals surface area contributed by atoms with Gasteiger partial charge in [0.15, 0.2) is 0 Å². The van der Waals surface area contributed by atoms with Gasteiger partial charge in [-0.25, -0.2) is 0 Å². The van der Waals surface area contributed by atoms with Crippen molar-refractivity contribution in [3.8, 4) is 5.75 Å². The van der Waals surface area contributed by atoms with E-state index >= 15 is 0 Å². The van der Waals surface area contributed by atoms with Crippen LogP contribution in [0.15, 0.2) is 42.7 Å². The number of rotatable bonds is 5. The molecule has 1 N–H and O–H groups in total. The predicted octanol–water partition coefficient (Wildman–Crippen LogP) is 2.34. The molecule has 1 aliphatic rings. The molecule has 2 heterocycles. The average molecular weight is 342 g/mol. The summed E-state index contributed by atoms with van der Waals surface area (Å²) in [5.41, 5.74) is 2.49. The largest absolute Gasteiger partial charge is 0.490 e. The Balaban J connectivity index is 1.64. The molecular formula is C20H26N2O3. The quantitative estimate of drug-likeness (QED) is 0.904. The number of benzene rings is 1. The van der Waals surface area contributed by atoms with Crippen molar-refractivity contribution in [1.82, 2.24) is 9.88 Å². The molecular weight excluding hydrogens is 316 g/mol. The van der Waals surface area contributed by atoms with E-state index in [4.69, 9.17) is 9.47 Å². The van der Waals surface area contributed by atoms with Gasteiger partial charge in [0.1, 0.15) is 18.0 Å². The molecule has 2 aromatic rings. The molecule has 0 bridgehead atoms. The summed E-state index contributed by atoms with van der Waals surface area (Å²) in [6.07, 6.45) is 3.68. The molecule has 1 aromatic carbocycles. The van der Waals surface area contributed by atoms with Crippen LogP contribution in [0, 0.1) is 13.8 Å². The number of aliphatic hydroxyl groups is 1. The third kappa shape index (κ3) is 5.01. The zero-order valence-corrected chi connectivity index (χ0v) is 14.9. The average Bonchev–Trinajstić information content (AvgIpc) is 2.77. The molecule has 0 unspecified atom stereocenters. The normalized spacial score (nSPS) is 21.7. The second-order valence-electron chi connectivity index (χ2n) is 6.89. The van der Waals surface area contributed by atoms with Crippen LogP contribution in [0.3, 0.4) is 0 Å². The lowest BCUT2D eigenvalue weighted by Gasteiger charge is -2.30. The fraction of sp³-hybridized carbons (Fsp3) is 0.450. The third-order valence-electron chi connectivity index (χ3n) is 4.47. The lowest BCUT2D eigenvalue weighted by atomic mass is 10.1. The second-order valence-corrected chi connectivity index (χ2v) is 6.89. The Morgan fingerprint density at radius 1 is 1.32 bits per heavy atom. The molecule has 1 fully saturated rings. The van der Waals surface area contributed by atoms with Crippen LogP contribution in [0.2, 0.25) is 0 Å². The fourth-order valence-corrected chi connectivity index (χ4v) is 3.06. The molecule has 0 spiro atoms. The number of hydrogen-bond donors (Lipinski definition) is 1. The first-order chi connectivity index (χ1) is 12.0. The molecule has 0 amide bonds. The van der Waals surface area contributed by atoms with Gasteiger partial charge in [0.2, 0.25) is 0 Å². The molecule has 1 saturated heterocycles. The minimum atomic E-state index is -1.03. The van der Waals surface area contributed by atoms with Gasteiger partial charge >= 0.3 is 0 Å². The van der Waals surface area contributed by atoms with Crippen LogP contribution in [0.25, 0.3) is 0 Å². The van der Waals surface area contributed by atoms with Crippen molar-refractivity contribution >= 4 is 0 Å². The third-order valence-corrected chi connectivity index (χ3v) is 4.47. The summed E-state index contributed by atoms with van der Waals surface area (Å²) in [6, 6.07) is 9.89. The van der Waals surface area contributed by atoms with Crippen molar-refractivity contribution in [2.45, 2.75) is 26.0 Å². The Morgan fingerprint density at radius 2 is 2.20 bits per heavy atom. The van der Waals surface area contributed by atoms with E-state index < -0.39 is 5.60 Å².